The summed E-state index contributed by atoms with van der Waals surface area (Å²) in [5.41, 5.74) is 0. The number of halogens is 1. The molecule has 0 bridgehead atoms. The number of hydrogen-bond donors (Lipinski definition) is 0. The van der Waals surface area contributed by atoms with Gasteiger partial charge in [0, 0.05) is 0 Å². The molecule has 0 unspecified atom stereocenters. The number of unbranched alkanes of at least 4 members (excludes halogenated alkanes) is 1. The number of furan rings is 1. The fraction of sp³-hybridized carbons (Fsp3) is 0.444. The molecular weight excluding hydrogens is 192 g/mol. The predicted molar refractivity (Wildman–Crippen MR) is 48.9 cm³/mol. The highest BCUT2D eigenvalue weighted by Crippen LogP contribution is 2.13. The zero-order chi connectivity index (χ0) is 9.68. The Morgan fingerprint density at radius 1 is 1.62 bits per heavy atom. The van der Waals surface area contributed by atoms with Gasteiger partial charge in [0.15, 0.2) is 5.22 Å². The van der Waals surface area contributed by atoms with E-state index in [1.165, 1.54) is 12.1 Å². The fourth-order valence-electron chi connectivity index (χ4n) is 0.804. The summed E-state index contributed by atoms with van der Waals surface area (Å²) in [6, 6.07) is 3.01. The minimum atomic E-state index is -0.458. The minimum Gasteiger partial charge on any atom is -0.460 e. The molecule has 0 atom stereocenters. The van der Waals surface area contributed by atoms with Crippen LogP contribution in [0.4, 0.5) is 0 Å². The van der Waals surface area contributed by atoms with Gasteiger partial charge >= 0.3 is 5.97 Å². The summed E-state index contributed by atoms with van der Waals surface area (Å²) in [5, 5.41) is 0.197. The van der Waals surface area contributed by atoms with Crippen molar-refractivity contribution in [3.63, 3.8) is 0 Å². The fourth-order valence-corrected chi connectivity index (χ4v) is 0.950. The number of rotatable bonds is 4. The first-order valence-electron chi connectivity index (χ1n) is 4.16. The topological polar surface area (TPSA) is 39.4 Å². The first kappa shape index (κ1) is 10.1. The molecular formula is C9H11ClO3. The molecule has 0 fully saturated rings. The second-order valence-electron chi connectivity index (χ2n) is 2.59. The summed E-state index contributed by atoms with van der Waals surface area (Å²) < 4.78 is 9.76. The Morgan fingerprint density at radius 3 is 2.92 bits per heavy atom. The van der Waals surface area contributed by atoms with Crippen molar-refractivity contribution in [2.24, 2.45) is 0 Å². The zero-order valence-corrected chi connectivity index (χ0v) is 8.13. The van der Waals surface area contributed by atoms with Gasteiger partial charge < -0.3 is 9.15 Å². The van der Waals surface area contributed by atoms with Gasteiger partial charge in [-0.05, 0) is 30.2 Å². The molecule has 0 N–H and O–H groups in total. The number of carbonyl (C=O) groups excluding carboxylic acids is 1. The monoisotopic (exact) mass is 202 g/mol. The molecule has 13 heavy (non-hydrogen) atoms. The summed E-state index contributed by atoms with van der Waals surface area (Å²) in [6.45, 7) is 2.45. The molecule has 1 heterocycles. The molecule has 0 spiro atoms. The Kier molecular flexibility index (Phi) is 3.83. The summed E-state index contributed by atoms with van der Waals surface area (Å²) in [4.78, 5) is 11.2. The van der Waals surface area contributed by atoms with Gasteiger partial charge in [0.25, 0.3) is 0 Å². The van der Waals surface area contributed by atoms with E-state index in [1.807, 2.05) is 6.92 Å². The van der Waals surface area contributed by atoms with Crippen molar-refractivity contribution >= 4 is 17.6 Å². The Bertz CT molecular complexity index is 280. The van der Waals surface area contributed by atoms with Gasteiger partial charge in [-0.2, -0.15) is 0 Å². The van der Waals surface area contributed by atoms with Crippen LogP contribution in [0.15, 0.2) is 16.5 Å². The SMILES string of the molecule is CCCCOC(=O)c1ccc(Cl)o1. The second-order valence-corrected chi connectivity index (χ2v) is 2.97. The van der Waals surface area contributed by atoms with E-state index in [9.17, 15) is 4.79 Å². The molecule has 0 amide bonds. The van der Waals surface area contributed by atoms with Crippen LogP contribution in [0, 0.1) is 0 Å². The van der Waals surface area contributed by atoms with Crippen molar-refractivity contribution in [1.82, 2.24) is 0 Å². The maximum Gasteiger partial charge on any atom is 0.374 e. The Morgan fingerprint density at radius 2 is 2.38 bits per heavy atom. The molecule has 0 aliphatic rings. The Hall–Kier alpha value is -0.960. The van der Waals surface area contributed by atoms with Crippen LogP contribution >= 0.6 is 11.6 Å². The zero-order valence-electron chi connectivity index (χ0n) is 7.38. The molecule has 72 valence electrons. The smallest absolute Gasteiger partial charge is 0.374 e. The molecule has 0 saturated heterocycles. The molecule has 0 aliphatic carbocycles. The molecule has 1 rings (SSSR count). The van der Waals surface area contributed by atoms with Crippen molar-refractivity contribution < 1.29 is 13.9 Å². The van der Waals surface area contributed by atoms with Gasteiger partial charge in [0.2, 0.25) is 5.76 Å². The number of esters is 1. The highest BCUT2D eigenvalue weighted by molar-refractivity contribution is 6.29. The lowest BCUT2D eigenvalue weighted by Gasteiger charge is -1.99. The average molecular weight is 203 g/mol. The van der Waals surface area contributed by atoms with Gasteiger partial charge in [-0.3, -0.25) is 0 Å². The predicted octanol–water partition coefficient (Wildman–Crippen LogP) is 2.89. The number of hydrogen-bond acceptors (Lipinski definition) is 3. The van der Waals surface area contributed by atoms with E-state index in [2.05, 4.69) is 0 Å². The molecule has 0 radical (unpaired) electrons. The molecule has 3 nitrogen and oxygen atoms in total. The third-order valence-electron chi connectivity index (χ3n) is 1.51. The van der Waals surface area contributed by atoms with Gasteiger partial charge in [0.05, 0.1) is 6.61 Å². The van der Waals surface area contributed by atoms with Crippen molar-refractivity contribution in [3.8, 4) is 0 Å². The molecule has 0 aliphatic heterocycles. The van der Waals surface area contributed by atoms with Crippen LogP contribution in [0.3, 0.4) is 0 Å². The van der Waals surface area contributed by atoms with E-state index in [0.29, 0.717) is 6.61 Å². The van der Waals surface area contributed by atoms with E-state index in [1.54, 1.807) is 0 Å². The van der Waals surface area contributed by atoms with Gasteiger partial charge in [-0.15, -0.1) is 0 Å². The lowest BCUT2D eigenvalue weighted by atomic mass is 10.4. The van der Waals surface area contributed by atoms with Crippen molar-refractivity contribution in [2.45, 2.75) is 19.8 Å². The normalized spacial score (nSPS) is 10.0. The lowest BCUT2D eigenvalue weighted by Crippen LogP contribution is -2.04. The van der Waals surface area contributed by atoms with E-state index < -0.39 is 5.97 Å². The largest absolute Gasteiger partial charge is 0.460 e. The Balaban J connectivity index is 2.40. The van der Waals surface area contributed by atoms with Crippen LogP contribution in [0.2, 0.25) is 5.22 Å². The van der Waals surface area contributed by atoms with E-state index in [-0.39, 0.29) is 11.0 Å². The third kappa shape index (κ3) is 3.11. The van der Waals surface area contributed by atoms with Crippen LogP contribution in [0.1, 0.15) is 30.3 Å². The average Bonchev–Trinajstić information content (AvgIpc) is 2.52. The maximum atomic E-state index is 11.2. The summed E-state index contributed by atoms with van der Waals surface area (Å²) >= 11 is 5.49. The highest BCUT2D eigenvalue weighted by atomic mass is 35.5. The minimum absolute atomic E-state index is 0.154. The molecule has 0 saturated carbocycles. The van der Waals surface area contributed by atoms with Gasteiger partial charge in [-0.25, -0.2) is 4.79 Å². The molecule has 4 heteroatoms. The third-order valence-corrected chi connectivity index (χ3v) is 1.71. The number of ether oxygens (including phenoxy) is 1. The summed E-state index contributed by atoms with van der Waals surface area (Å²) in [7, 11) is 0. The van der Waals surface area contributed by atoms with Crippen molar-refractivity contribution in [2.75, 3.05) is 6.61 Å². The maximum absolute atomic E-state index is 11.2. The van der Waals surface area contributed by atoms with Crippen LogP contribution in [-0.4, -0.2) is 12.6 Å². The van der Waals surface area contributed by atoms with E-state index in [0.717, 1.165) is 12.8 Å². The van der Waals surface area contributed by atoms with Crippen LogP contribution in [0.5, 0.6) is 0 Å². The standard InChI is InChI=1S/C9H11ClO3/c1-2-3-6-12-9(11)7-4-5-8(10)13-7/h4-5H,2-3,6H2,1H3. The summed E-state index contributed by atoms with van der Waals surface area (Å²) in [6.07, 6.45) is 1.85. The first-order chi connectivity index (χ1) is 6.24. The summed E-state index contributed by atoms with van der Waals surface area (Å²) in [5.74, 6) is -0.304. The second kappa shape index (κ2) is 4.92. The Labute approximate surface area is 81.6 Å². The van der Waals surface area contributed by atoms with E-state index in [4.69, 9.17) is 20.8 Å². The van der Waals surface area contributed by atoms with Crippen molar-refractivity contribution in [1.29, 1.82) is 0 Å². The van der Waals surface area contributed by atoms with Crippen LogP contribution < -0.4 is 0 Å². The van der Waals surface area contributed by atoms with Crippen molar-refractivity contribution in [3.05, 3.63) is 23.1 Å². The van der Waals surface area contributed by atoms with Gasteiger partial charge in [0.1, 0.15) is 0 Å². The highest BCUT2D eigenvalue weighted by Gasteiger charge is 2.10. The van der Waals surface area contributed by atoms with Crippen LogP contribution in [0.25, 0.3) is 0 Å². The lowest BCUT2D eigenvalue weighted by molar-refractivity contribution is 0.0463. The van der Waals surface area contributed by atoms with Crippen LogP contribution in [-0.2, 0) is 4.74 Å². The van der Waals surface area contributed by atoms with E-state index >= 15 is 0 Å². The van der Waals surface area contributed by atoms with Gasteiger partial charge in [-0.1, -0.05) is 13.3 Å². The first-order valence-corrected chi connectivity index (χ1v) is 4.54. The number of carbonyl (C=O) groups is 1. The molecule has 0 aromatic carbocycles. The molecule has 1 aromatic rings. The molecule has 1 aromatic heterocycles. The quantitative estimate of drug-likeness (QED) is 0.557.